The van der Waals surface area contributed by atoms with Crippen molar-refractivity contribution in [3.63, 3.8) is 0 Å². The molecule has 1 unspecified atom stereocenters. The van der Waals surface area contributed by atoms with E-state index in [0.29, 0.717) is 6.54 Å². The highest BCUT2D eigenvalue weighted by molar-refractivity contribution is 5.86. The molecule has 0 heterocycles. The van der Waals surface area contributed by atoms with Crippen LogP contribution < -0.4 is 11.1 Å². The maximum Gasteiger partial charge on any atom is 0.239 e. The monoisotopic (exact) mass is 335 g/mol. The third-order valence-corrected chi connectivity index (χ3v) is 3.13. The third kappa shape index (κ3) is 7.14. The van der Waals surface area contributed by atoms with E-state index < -0.39 is 5.54 Å². The number of halogens is 2. The predicted molar refractivity (Wildman–Crippen MR) is 93.4 cm³/mol. The fourth-order valence-electron chi connectivity index (χ4n) is 1.80. The number of rotatable bonds is 5. The van der Waals surface area contributed by atoms with Gasteiger partial charge in [-0.15, -0.1) is 24.8 Å². The van der Waals surface area contributed by atoms with Gasteiger partial charge in [-0.25, -0.2) is 0 Å². The number of carbonyl (C=O) groups excluding carboxylic acids is 1. The lowest BCUT2D eigenvalue weighted by molar-refractivity contribution is -0.125. The zero-order chi connectivity index (χ0) is 14.6. The van der Waals surface area contributed by atoms with Crippen LogP contribution in [0, 0.1) is 6.92 Å². The molecule has 0 aliphatic carbocycles. The van der Waals surface area contributed by atoms with Crippen molar-refractivity contribution in [1.29, 1.82) is 0 Å². The first kappa shape index (κ1) is 22.5. The number of hydrogen-bond acceptors (Lipinski definition) is 3. The molecular weight excluding hydrogens is 309 g/mol. The van der Waals surface area contributed by atoms with Gasteiger partial charge in [0.2, 0.25) is 5.91 Å². The number of nitrogens with zero attached hydrogens (tertiary/aromatic N) is 1. The van der Waals surface area contributed by atoms with E-state index in [1.807, 2.05) is 14.1 Å². The Balaban J connectivity index is 0. The van der Waals surface area contributed by atoms with Crippen molar-refractivity contribution in [2.24, 2.45) is 5.73 Å². The molecule has 0 fully saturated rings. The van der Waals surface area contributed by atoms with Crippen LogP contribution in [0.3, 0.4) is 0 Å². The Hall–Kier alpha value is -0.810. The molecule has 0 aliphatic rings. The molecule has 0 saturated carbocycles. The fraction of sp³-hybridized carbons (Fsp3) is 0.533. The first-order valence-electron chi connectivity index (χ1n) is 6.52. The number of aryl methyl sites for hydroxylation is 1. The summed E-state index contributed by atoms with van der Waals surface area (Å²) in [6, 6.07) is 8.51. The Bertz CT molecular complexity index is 428. The normalized spacial score (nSPS) is 12.1. The Morgan fingerprint density at radius 3 is 2.10 bits per heavy atom. The lowest BCUT2D eigenvalue weighted by Crippen LogP contribution is -2.50. The third-order valence-electron chi connectivity index (χ3n) is 3.13. The quantitative estimate of drug-likeness (QED) is 0.867. The second-order valence-electron chi connectivity index (χ2n) is 5.82. The molecular formula is C15H27Cl2N3O. The van der Waals surface area contributed by atoms with Gasteiger partial charge in [-0.2, -0.15) is 0 Å². The minimum Gasteiger partial charge on any atom is -0.353 e. The van der Waals surface area contributed by atoms with Gasteiger partial charge >= 0.3 is 0 Å². The van der Waals surface area contributed by atoms with Gasteiger partial charge < -0.3 is 16.0 Å². The standard InChI is InChI=1S/C15H25N3O.2ClH/c1-11-6-8-12(9-7-11)13(18(4)5)10-17-14(19)15(2,3)16;;/h6-9,13H,10,16H2,1-5H3,(H,17,19);2*1H. The molecule has 21 heavy (non-hydrogen) atoms. The number of carbonyl (C=O) groups is 1. The lowest BCUT2D eigenvalue weighted by atomic mass is 10.0. The number of likely N-dealkylation sites (N-methyl/N-ethyl adjacent to an activating group) is 1. The van der Waals surface area contributed by atoms with Crippen LogP contribution in [0.25, 0.3) is 0 Å². The molecule has 0 saturated heterocycles. The van der Waals surface area contributed by atoms with Crippen LogP contribution in [-0.2, 0) is 4.79 Å². The van der Waals surface area contributed by atoms with E-state index in [9.17, 15) is 4.79 Å². The maximum absolute atomic E-state index is 11.8. The van der Waals surface area contributed by atoms with Crippen LogP contribution in [0.5, 0.6) is 0 Å². The van der Waals surface area contributed by atoms with Crippen molar-refractivity contribution in [2.75, 3.05) is 20.6 Å². The Morgan fingerprint density at radius 2 is 1.71 bits per heavy atom. The summed E-state index contributed by atoms with van der Waals surface area (Å²) in [6.45, 7) is 6.03. The number of benzene rings is 1. The average molecular weight is 336 g/mol. The maximum atomic E-state index is 11.8. The van der Waals surface area contributed by atoms with Gasteiger partial charge in [-0.3, -0.25) is 4.79 Å². The second kappa shape index (κ2) is 9.26. The van der Waals surface area contributed by atoms with Gasteiger partial charge in [0.05, 0.1) is 11.6 Å². The largest absolute Gasteiger partial charge is 0.353 e. The van der Waals surface area contributed by atoms with Crippen LogP contribution in [0.1, 0.15) is 31.0 Å². The predicted octanol–water partition coefficient (Wildman–Crippen LogP) is 2.29. The van der Waals surface area contributed by atoms with Gasteiger partial charge in [0, 0.05) is 6.54 Å². The van der Waals surface area contributed by atoms with Crippen LogP contribution in [-0.4, -0.2) is 37.0 Å². The van der Waals surface area contributed by atoms with Gasteiger partial charge in [-0.05, 0) is 40.4 Å². The summed E-state index contributed by atoms with van der Waals surface area (Å²) in [5.41, 5.74) is 7.35. The summed E-state index contributed by atoms with van der Waals surface area (Å²) in [4.78, 5) is 13.9. The number of hydrogen-bond donors (Lipinski definition) is 2. The Kier molecular flexibility index (Phi) is 9.91. The van der Waals surface area contributed by atoms with Crippen LogP contribution in [0.2, 0.25) is 0 Å². The number of nitrogens with one attached hydrogen (secondary N) is 1. The lowest BCUT2D eigenvalue weighted by Gasteiger charge is -2.27. The summed E-state index contributed by atoms with van der Waals surface area (Å²) in [5.74, 6) is -0.133. The van der Waals surface area contributed by atoms with Crippen molar-refractivity contribution in [1.82, 2.24) is 10.2 Å². The molecule has 3 N–H and O–H groups in total. The molecule has 0 aliphatic heterocycles. The van der Waals surface area contributed by atoms with Crippen LogP contribution in [0.4, 0.5) is 0 Å². The molecule has 4 nitrogen and oxygen atoms in total. The van der Waals surface area contributed by atoms with Crippen molar-refractivity contribution in [3.05, 3.63) is 35.4 Å². The molecule has 0 radical (unpaired) electrons. The molecule has 1 rings (SSSR count). The highest BCUT2D eigenvalue weighted by Crippen LogP contribution is 2.18. The van der Waals surface area contributed by atoms with Crippen LogP contribution >= 0.6 is 24.8 Å². The van der Waals surface area contributed by atoms with Crippen molar-refractivity contribution in [2.45, 2.75) is 32.4 Å². The van der Waals surface area contributed by atoms with Gasteiger partial charge in [0.1, 0.15) is 0 Å². The van der Waals surface area contributed by atoms with Gasteiger partial charge in [0.15, 0.2) is 0 Å². The summed E-state index contributed by atoms with van der Waals surface area (Å²) in [7, 11) is 4.01. The highest BCUT2D eigenvalue weighted by Gasteiger charge is 2.23. The summed E-state index contributed by atoms with van der Waals surface area (Å²) in [6.07, 6.45) is 0. The summed E-state index contributed by atoms with van der Waals surface area (Å²) in [5, 5.41) is 2.91. The molecule has 1 amide bonds. The van der Waals surface area contributed by atoms with E-state index in [1.165, 1.54) is 11.1 Å². The molecule has 1 aromatic rings. The molecule has 0 aromatic heterocycles. The van der Waals surface area contributed by atoms with Gasteiger partial charge in [-0.1, -0.05) is 29.8 Å². The van der Waals surface area contributed by atoms with E-state index in [1.54, 1.807) is 13.8 Å². The minimum atomic E-state index is -0.843. The molecule has 122 valence electrons. The topological polar surface area (TPSA) is 58.4 Å². The van der Waals surface area contributed by atoms with Gasteiger partial charge in [0.25, 0.3) is 0 Å². The Morgan fingerprint density at radius 1 is 1.24 bits per heavy atom. The molecule has 1 atom stereocenters. The highest BCUT2D eigenvalue weighted by atomic mass is 35.5. The molecule has 1 aromatic carbocycles. The average Bonchev–Trinajstić information content (AvgIpc) is 2.29. The molecule has 0 spiro atoms. The number of amides is 1. The zero-order valence-corrected chi connectivity index (χ0v) is 15.0. The second-order valence-corrected chi connectivity index (χ2v) is 5.82. The zero-order valence-electron chi connectivity index (χ0n) is 13.3. The molecule has 6 heteroatoms. The van der Waals surface area contributed by atoms with E-state index in [4.69, 9.17) is 5.73 Å². The fourth-order valence-corrected chi connectivity index (χ4v) is 1.80. The summed E-state index contributed by atoms with van der Waals surface area (Å²) >= 11 is 0. The summed E-state index contributed by atoms with van der Waals surface area (Å²) < 4.78 is 0. The van der Waals surface area contributed by atoms with Crippen molar-refractivity contribution in [3.8, 4) is 0 Å². The van der Waals surface area contributed by atoms with E-state index in [2.05, 4.69) is 41.4 Å². The smallest absolute Gasteiger partial charge is 0.239 e. The minimum absolute atomic E-state index is 0. The van der Waals surface area contributed by atoms with Crippen LogP contribution in [0.15, 0.2) is 24.3 Å². The molecule has 0 bridgehead atoms. The Labute approximate surface area is 140 Å². The van der Waals surface area contributed by atoms with E-state index >= 15 is 0 Å². The van der Waals surface area contributed by atoms with E-state index in [-0.39, 0.29) is 36.8 Å². The van der Waals surface area contributed by atoms with E-state index in [0.717, 1.165) is 0 Å². The number of nitrogens with two attached hydrogens (primary N) is 1. The van der Waals surface area contributed by atoms with Crippen molar-refractivity contribution >= 4 is 30.7 Å². The van der Waals surface area contributed by atoms with Crippen molar-refractivity contribution < 1.29 is 4.79 Å². The first-order chi connectivity index (χ1) is 8.71. The SMILES string of the molecule is Cc1ccc(C(CNC(=O)C(C)(C)N)N(C)C)cc1.Cl.Cl. The first-order valence-corrected chi connectivity index (χ1v) is 6.52.